The van der Waals surface area contributed by atoms with Crippen molar-refractivity contribution in [3.8, 4) is 0 Å². The van der Waals surface area contributed by atoms with Crippen molar-refractivity contribution < 1.29 is 9.59 Å². The van der Waals surface area contributed by atoms with Gasteiger partial charge in [0.2, 0.25) is 5.91 Å². The quantitative estimate of drug-likeness (QED) is 0.900. The van der Waals surface area contributed by atoms with E-state index in [2.05, 4.69) is 15.6 Å². The Morgan fingerprint density at radius 1 is 1.29 bits per heavy atom. The van der Waals surface area contributed by atoms with Crippen LogP contribution in [0.1, 0.15) is 29.6 Å². The number of amides is 2. The normalized spacial score (nSPS) is 17.9. The number of para-hydroxylation sites is 1. The molecule has 0 saturated carbocycles. The van der Waals surface area contributed by atoms with Crippen LogP contribution < -0.4 is 15.5 Å². The van der Waals surface area contributed by atoms with Crippen LogP contribution >= 0.6 is 0 Å². The van der Waals surface area contributed by atoms with E-state index in [1.165, 1.54) is 0 Å². The SMILES string of the molecule is CN(C)c1cc(C(=O)N[C@H]2CCNC(=O)CC2)c2ccccc2n1. The van der Waals surface area contributed by atoms with Crippen LogP contribution in [0.5, 0.6) is 0 Å². The number of anilines is 1. The van der Waals surface area contributed by atoms with E-state index in [1.807, 2.05) is 49.3 Å². The van der Waals surface area contributed by atoms with Gasteiger partial charge in [-0.25, -0.2) is 4.98 Å². The zero-order valence-corrected chi connectivity index (χ0v) is 14.0. The first-order valence-electron chi connectivity index (χ1n) is 8.19. The monoisotopic (exact) mass is 326 g/mol. The van der Waals surface area contributed by atoms with Crippen molar-refractivity contribution >= 4 is 28.5 Å². The summed E-state index contributed by atoms with van der Waals surface area (Å²) in [5.41, 5.74) is 1.42. The maximum Gasteiger partial charge on any atom is 0.252 e. The molecule has 6 heteroatoms. The van der Waals surface area contributed by atoms with Crippen LogP contribution in [0.25, 0.3) is 10.9 Å². The first-order valence-corrected chi connectivity index (χ1v) is 8.19. The Balaban J connectivity index is 1.89. The highest BCUT2D eigenvalue weighted by Crippen LogP contribution is 2.22. The van der Waals surface area contributed by atoms with Gasteiger partial charge in [-0.1, -0.05) is 18.2 Å². The molecule has 2 aromatic rings. The number of hydrogen-bond donors (Lipinski definition) is 2. The summed E-state index contributed by atoms with van der Waals surface area (Å²) in [4.78, 5) is 30.7. The molecule has 1 aromatic heterocycles. The van der Waals surface area contributed by atoms with Gasteiger partial charge >= 0.3 is 0 Å². The summed E-state index contributed by atoms with van der Waals surface area (Å²) in [5.74, 6) is 0.684. The van der Waals surface area contributed by atoms with Gasteiger partial charge in [-0.05, 0) is 25.0 Å². The second-order valence-electron chi connectivity index (χ2n) is 6.29. The number of pyridine rings is 1. The van der Waals surface area contributed by atoms with E-state index >= 15 is 0 Å². The summed E-state index contributed by atoms with van der Waals surface area (Å²) in [5, 5.41) is 6.75. The van der Waals surface area contributed by atoms with Gasteiger partial charge in [0.25, 0.3) is 5.91 Å². The number of carbonyl (C=O) groups is 2. The van der Waals surface area contributed by atoms with Crippen molar-refractivity contribution in [1.29, 1.82) is 0 Å². The minimum atomic E-state index is -0.115. The Morgan fingerprint density at radius 2 is 2.08 bits per heavy atom. The highest BCUT2D eigenvalue weighted by Gasteiger charge is 2.20. The predicted molar refractivity (Wildman–Crippen MR) is 94.2 cm³/mol. The first-order chi connectivity index (χ1) is 11.5. The van der Waals surface area contributed by atoms with Crippen LogP contribution in [-0.2, 0) is 4.79 Å². The second kappa shape index (κ2) is 6.86. The molecule has 2 amide bonds. The maximum absolute atomic E-state index is 12.8. The van der Waals surface area contributed by atoms with Gasteiger partial charge in [0.1, 0.15) is 5.82 Å². The largest absolute Gasteiger partial charge is 0.363 e. The number of benzene rings is 1. The minimum Gasteiger partial charge on any atom is -0.363 e. The smallest absolute Gasteiger partial charge is 0.252 e. The van der Waals surface area contributed by atoms with Crippen molar-refractivity contribution in [2.24, 2.45) is 0 Å². The summed E-state index contributed by atoms with van der Waals surface area (Å²) in [6.45, 7) is 0.601. The Labute approximate surface area is 141 Å². The molecule has 0 aliphatic carbocycles. The van der Waals surface area contributed by atoms with E-state index in [-0.39, 0.29) is 17.9 Å². The van der Waals surface area contributed by atoms with E-state index in [0.717, 1.165) is 23.1 Å². The molecular formula is C18H22N4O2. The van der Waals surface area contributed by atoms with Crippen molar-refractivity contribution in [2.75, 3.05) is 25.5 Å². The molecular weight excluding hydrogens is 304 g/mol. The second-order valence-corrected chi connectivity index (χ2v) is 6.29. The van der Waals surface area contributed by atoms with Crippen LogP contribution in [0.2, 0.25) is 0 Å². The van der Waals surface area contributed by atoms with Gasteiger partial charge in [0.15, 0.2) is 0 Å². The van der Waals surface area contributed by atoms with Gasteiger partial charge < -0.3 is 15.5 Å². The van der Waals surface area contributed by atoms with E-state index in [0.29, 0.717) is 24.9 Å². The zero-order valence-electron chi connectivity index (χ0n) is 14.0. The zero-order chi connectivity index (χ0) is 17.1. The van der Waals surface area contributed by atoms with Gasteiger partial charge in [-0.3, -0.25) is 9.59 Å². The van der Waals surface area contributed by atoms with Crippen LogP contribution in [0.4, 0.5) is 5.82 Å². The lowest BCUT2D eigenvalue weighted by atomic mass is 10.1. The molecule has 0 radical (unpaired) electrons. The molecule has 1 aromatic carbocycles. The number of nitrogens with zero attached hydrogens (tertiary/aromatic N) is 2. The first kappa shape index (κ1) is 16.2. The van der Waals surface area contributed by atoms with E-state index in [9.17, 15) is 9.59 Å². The van der Waals surface area contributed by atoms with Crippen LogP contribution in [0.3, 0.4) is 0 Å². The van der Waals surface area contributed by atoms with Crippen LogP contribution in [0.15, 0.2) is 30.3 Å². The van der Waals surface area contributed by atoms with Crippen molar-refractivity contribution in [1.82, 2.24) is 15.6 Å². The van der Waals surface area contributed by atoms with Crippen molar-refractivity contribution in [2.45, 2.75) is 25.3 Å². The molecule has 1 saturated heterocycles. The third-order valence-corrected chi connectivity index (χ3v) is 4.28. The summed E-state index contributed by atoms with van der Waals surface area (Å²) in [6, 6.07) is 9.47. The Hall–Kier alpha value is -2.63. The Kier molecular flexibility index (Phi) is 4.64. The van der Waals surface area contributed by atoms with E-state index in [4.69, 9.17) is 0 Å². The Morgan fingerprint density at radius 3 is 2.88 bits per heavy atom. The van der Waals surface area contributed by atoms with Crippen LogP contribution in [0, 0.1) is 0 Å². The minimum absolute atomic E-state index is 0.00573. The standard InChI is InChI=1S/C18H22N4O2/c1-22(2)16-11-14(13-5-3-4-6-15(13)21-16)18(24)20-12-7-8-17(23)19-10-9-12/h3-6,11-12H,7-10H2,1-2H3,(H,19,23)(H,20,24)/t12-/m1/s1. The molecule has 0 unspecified atom stereocenters. The summed E-state index contributed by atoms with van der Waals surface area (Å²) < 4.78 is 0. The molecule has 1 aliphatic rings. The average Bonchev–Trinajstić information content (AvgIpc) is 2.78. The molecule has 2 heterocycles. The molecule has 1 atom stereocenters. The molecule has 0 spiro atoms. The number of carbonyl (C=O) groups excluding carboxylic acids is 2. The molecule has 1 aliphatic heterocycles. The number of hydrogen-bond acceptors (Lipinski definition) is 4. The lowest BCUT2D eigenvalue weighted by Gasteiger charge is -2.18. The predicted octanol–water partition coefficient (Wildman–Crippen LogP) is 1.70. The van der Waals surface area contributed by atoms with E-state index < -0.39 is 0 Å². The molecule has 0 bridgehead atoms. The fourth-order valence-corrected chi connectivity index (χ4v) is 2.91. The summed E-state index contributed by atoms with van der Waals surface area (Å²) in [6.07, 6.45) is 1.87. The Bertz CT molecular complexity index is 773. The average molecular weight is 326 g/mol. The molecule has 2 N–H and O–H groups in total. The number of rotatable bonds is 3. The number of fused-ring (bicyclic) bond motifs is 1. The number of nitrogens with one attached hydrogen (secondary N) is 2. The maximum atomic E-state index is 12.8. The molecule has 126 valence electrons. The topological polar surface area (TPSA) is 74.3 Å². The van der Waals surface area contributed by atoms with Gasteiger partial charge in [0, 0.05) is 38.5 Å². The van der Waals surface area contributed by atoms with Gasteiger partial charge in [-0.15, -0.1) is 0 Å². The third-order valence-electron chi connectivity index (χ3n) is 4.28. The fourth-order valence-electron chi connectivity index (χ4n) is 2.91. The summed E-state index contributed by atoms with van der Waals surface area (Å²) >= 11 is 0. The van der Waals surface area contributed by atoms with Crippen LogP contribution in [-0.4, -0.2) is 43.5 Å². The lowest BCUT2D eigenvalue weighted by Crippen LogP contribution is -2.35. The highest BCUT2D eigenvalue weighted by molar-refractivity contribution is 6.07. The van der Waals surface area contributed by atoms with E-state index in [1.54, 1.807) is 0 Å². The molecule has 3 rings (SSSR count). The van der Waals surface area contributed by atoms with Gasteiger partial charge in [-0.2, -0.15) is 0 Å². The molecule has 6 nitrogen and oxygen atoms in total. The van der Waals surface area contributed by atoms with Gasteiger partial charge in [0.05, 0.1) is 11.1 Å². The fraction of sp³-hybridized carbons (Fsp3) is 0.389. The highest BCUT2D eigenvalue weighted by atomic mass is 16.2. The van der Waals surface area contributed by atoms with Crippen molar-refractivity contribution in [3.05, 3.63) is 35.9 Å². The lowest BCUT2D eigenvalue weighted by molar-refractivity contribution is -0.120. The van der Waals surface area contributed by atoms with Crippen molar-refractivity contribution in [3.63, 3.8) is 0 Å². The third kappa shape index (κ3) is 3.48. The molecule has 1 fully saturated rings. The summed E-state index contributed by atoms with van der Waals surface area (Å²) in [7, 11) is 3.81. The number of aromatic nitrogens is 1. The molecule has 24 heavy (non-hydrogen) atoms.